The summed E-state index contributed by atoms with van der Waals surface area (Å²) in [5.74, 6) is -0.241. The van der Waals surface area contributed by atoms with Gasteiger partial charge in [0.15, 0.2) is 0 Å². The van der Waals surface area contributed by atoms with Crippen molar-refractivity contribution in [1.82, 2.24) is 15.1 Å². The molecule has 0 spiro atoms. The lowest BCUT2D eigenvalue weighted by Gasteiger charge is -2.17. The zero-order valence-electron chi connectivity index (χ0n) is 10.8. The van der Waals surface area contributed by atoms with Crippen molar-refractivity contribution in [2.45, 2.75) is 25.6 Å². The Morgan fingerprint density at radius 1 is 1.37 bits per heavy atom. The quantitative estimate of drug-likeness (QED) is 0.834. The molecule has 0 aliphatic carbocycles. The van der Waals surface area contributed by atoms with Crippen LogP contribution in [0.25, 0.3) is 0 Å². The number of nitrogens with zero attached hydrogens (tertiary/aromatic N) is 2. The number of aliphatic hydroxyl groups excluding tert-OH is 1. The van der Waals surface area contributed by atoms with Crippen LogP contribution in [-0.2, 0) is 6.54 Å². The topological polar surface area (TPSA) is 50.1 Å². The Balaban J connectivity index is 1.79. The SMILES string of the molecule is C[C@@H](NCC(O)Cn1cccn1)c1ccc(F)cc1. The summed E-state index contributed by atoms with van der Waals surface area (Å²) in [7, 11) is 0. The lowest BCUT2D eigenvalue weighted by Crippen LogP contribution is -2.32. The molecule has 1 unspecified atom stereocenters. The average Bonchev–Trinajstić information content (AvgIpc) is 2.89. The van der Waals surface area contributed by atoms with Crippen LogP contribution < -0.4 is 5.32 Å². The Bertz CT molecular complexity index is 484. The highest BCUT2D eigenvalue weighted by atomic mass is 19.1. The predicted molar refractivity (Wildman–Crippen MR) is 71.1 cm³/mol. The van der Waals surface area contributed by atoms with Gasteiger partial charge in [-0.25, -0.2) is 4.39 Å². The fourth-order valence-electron chi connectivity index (χ4n) is 1.87. The predicted octanol–water partition coefficient (Wildman–Crippen LogP) is 1.73. The molecule has 4 nitrogen and oxygen atoms in total. The average molecular weight is 263 g/mol. The Labute approximate surface area is 111 Å². The molecule has 0 amide bonds. The van der Waals surface area contributed by atoms with Gasteiger partial charge in [-0.2, -0.15) is 5.10 Å². The van der Waals surface area contributed by atoms with Gasteiger partial charge in [0.05, 0.1) is 12.6 Å². The van der Waals surface area contributed by atoms with Crippen LogP contribution in [0.4, 0.5) is 4.39 Å². The molecule has 0 saturated carbocycles. The first-order valence-electron chi connectivity index (χ1n) is 6.29. The van der Waals surface area contributed by atoms with Gasteiger partial charge in [-0.05, 0) is 30.7 Å². The molecule has 1 heterocycles. The summed E-state index contributed by atoms with van der Waals surface area (Å²) >= 11 is 0. The molecule has 1 aromatic heterocycles. The van der Waals surface area contributed by atoms with Gasteiger partial charge in [-0.3, -0.25) is 4.68 Å². The number of nitrogens with one attached hydrogen (secondary N) is 1. The second kappa shape index (κ2) is 6.45. The van der Waals surface area contributed by atoms with Crippen molar-refractivity contribution >= 4 is 0 Å². The molecular formula is C14H18FN3O. The molecule has 0 bridgehead atoms. The van der Waals surface area contributed by atoms with Crippen LogP contribution in [0, 0.1) is 5.82 Å². The fraction of sp³-hybridized carbons (Fsp3) is 0.357. The minimum Gasteiger partial charge on any atom is -0.390 e. The molecule has 0 fully saturated rings. The van der Waals surface area contributed by atoms with Crippen molar-refractivity contribution in [2.24, 2.45) is 0 Å². The molecule has 0 aliphatic rings. The summed E-state index contributed by atoms with van der Waals surface area (Å²) in [4.78, 5) is 0. The van der Waals surface area contributed by atoms with Crippen molar-refractivity contribution in [3.8, 4) is 0 Å². The number of hydrogen-bond donors (Lipinski definition) is 2. The van der Waals surface area contributed by atoms with Gasteiger partial charge in [0.1, 0.15) is 5.82 Å². The number of hydrogen-bond acceptors (Lipinski definition) is 3. The molecule has 0 radical (unpaired) electrons. The number of rotatable bonds is 6. The summed E-state index contributed by atoms with van der Waals surface area (Å²) in [6.45, 7) is 2.89. The number of halogens is 1. The van der Waals surface area contributed by atoms with E-state index in [0.717, 1.165) is 5.56 Å². The summed E-state index contributed by atoms with van der Waals surface area (Å²) in [5, 5.41) is 17.1. The van der Waals surface area contributed by atoms with Crippen molar-refractivity contribution < 1.29 is 9.50 Å². The van der Waals surface area contributed by atoms with Crippen LogP contribution in [0.3, 0.4) is 0 Å². The van der Waals surface area contributed by atoms with Gasteiger partial charge in [-0.1, -0.05) is 12.1 Å². The Kier molecular flexibility index (Phi) is 4.65. The van der Waals surface area contributed by atoms with Crippen molar-refractivity contribution in [3.63, 3.8) is 0 Å². The van der Waals surface area contributed by atoms with Crippen LogP contribution in [0.1, 0.15) is 18.5 Å². The monoisotopic (exact) mass is 263 g/mol. The first kappa shape index (κ1) is 13.7. The van der Waals surface area contributed by atoms with E-state index in [2.05, 4.69) is 10.4 Å². The molecule has 19 heavy (non-hydrogen) atoms. The molecular weight excluding hydrogens is 245 g/mol. The maximum atomic E-state index is 12.8. The van der Waals surface area contributed by atoms with Crippen LogP contribution in [-0.4, -0.2) is 27.5 Å². The van der Waals surface area contributed by atoms with Gasteiger partial charge < -0.3 is 10.4 Å². The third-order valence-corrected chi connectivity index (χ3v) is 2.99. The minimum atomic E-state index is -0.511. The van der Waals surface area contributed by atoms with Gasteiger partial charge in [0.2, 0.25) is 0 Å². The van der Waals surface area contributed by atoms with Gasteiger partial charge in [-0.15, -0.1) is 0 Å². The summed E-state index contributed by atoms with van der Waals surface area (Å²) in [6, 6.07) is 8.25. The standard InChI is InChI=1S/C14H18FN3O/c1-11(12-3-5-13(15)6-4-12)16-9-14(19)10-18-8-2-7-17-18/h2-8,11,14,16,19H,9-10H2,1H3/t11-,14?/m1/s1. The second-order valence-corrected chi connectivity index (χ2v) is 4.56. The van der Waals surface area contributed by atoms with E-state index in [0.29, 0.717) is 13.1 Å². The molecule has 2 N–H and O–H groups in total. The van der Waals surface area contributed by atoms with Crippen molar-refractivity contribution in [2.75, 3.05) is 6.54 Å². The molecule has 2 rings (SSSR count). The Hall–Kier alpha value is -1.72. The summed E-state index contributed by atoms with van der Waals surface area (Å²) in [5.41, 5.74) is 0.993. The largest absolute Gasteiger partial charge is 0.390 e. The van der Waals surface area contributed by atoms with E-state index < -0.39 is 6.10 Å². The number of benzene rings is 1. The first-order chi connectivity index (χ1) is 9.15. The summed E-state index contributed by atoms with van der Waals surface area (Å²) in [6.07, 6.45) is 2.98. The minimum absolute atomic E-state index is 0.0628. The molecule has 102 valence electrons. The van der Waals surface area contributed by atoms with E-state index in [1.54, 1.807) is 23.0 Å². The van der Waals surface area contributed by atoms with E-state index in [1.807, 2.05) is 19.2 Å². The van der Waals surface area contributed by atoms with E-state index >= 15 is 0 Å². The van der Waals surface area contributed by atoms with E-state index in [-0.39, 0.29) is 11.9 Å². The van der Waals surface area contributed by atoms with Crippen LogP contribution in [0.15, 0.2) is 42.7 Å². The molecule has 2 atom stereocenters. The van der Waals surface area contributed by atoms with E-state index in [4.69, 9.17) is 0 Å². The zero-order valence-corrected chi connectivity index (χ0v) is 10.8. The molecule has 2 aromatic rings. The highest BCUT2D eigenvalue weighted by Gasteiger charge is 2.09. The normalized spacial score (nSPS) is 14.3. The highest BCUT2D eigenvalue weighted by molar-refractivity contribution is 5.19. The Morgan fingerprint density at radius 3 is 2.74 bits per heavy atom. The molecule has 5 heteroatoms. The first-order valence-corrected chi connectivity index (χ1v) is 6.29. The maximum Gasteiger partial charge on any atom is 0.123 e. The summed E-state index contributed by atoms with van der Waals surface area (Å²) < 4.78 is 14.5. The van der Waals surface area contributed by atoms with E-state index in [1.165, 1.54) is 12.1 Å². The van der Waals surface area contributed by atoms with Gasteiger partial charge in [0, 0.05) is 25.0 Å². The zero-order chi connectivity index (χ0) is 13.7. The third-order valence-electron chi connectivity index (χ3n) is 2.99. The van der Waals surface area contributed by atoms with Crippen LogP contribution >= 0.6 is 0 Å². The maximum absolute atomic E-state index is 12.8. The second-order valence-electron chi connectivity index (χ2n) is 4.56. The molecule has 0 aliphatic heterocycles. The van der Waals surface area contributed by atoms with Crippen LogP contribution in [0.2, 0.25) is 0 Å². The lowest BCUT2D eigenvalue weighted by atomic mass is 10.1. The molecule has 1 aromatic carbocycles. The fourth-order valence-corrected chi connectivity index (χ4v) is 1.87. The van der Waals surface area contributed by atoms with Crippen LogP contribution in [0.5, 0.6) is 0 Å². The smallest absolute Gasteiger partial charge is 0.123 e. The number of aliphatic hydroxyl groups is 1. The van der Waals surface area contributed by atoms with Gasteiger partial charge in [0.25, 0.3) is 0 Å². The van der Waals surface area contributed by atoms with Crippen molar-refractivity contribution in [3.05, 3.63) is 54.1 Å². The highest BCUT2D eigenvalue weighted by Crippen LogP contribution is 2.12. The number of aromatic nitrogens is 2. The lowest BCUT2D eigenvalue weighted by molar-refractivity contribution is 0.143. The Morgan fingerprint density at radius 2 is 2.11 bits per heavy atom. The molecule has 0 saturated heterocycles. The van der Waals surface area contributed by atoms with Gasteiger partial charge >= 0.3 is 0 Å². The van der Waals surface area contributed by atoms with E-state index in [9.17, 15) is 9.50 Å². The third kappa shape index (κ3) is 4.15. The van der Waals surface area contributed by atoms with Crippen molar-refractivity contribution in [1.29, 1.82) is 0 Å².